The first-order valence-corrected chi connectivity index (χ1v) is 3.46. The van der Waals surface area contributed by atoms with Gasteiger partial charge >= 0.3 is 0 Å². The Kier molecular flexibility index (Phi) is 2.61. The molecule has 0 atom stereocenters. The molecule has 0 amide bonds. The highest BCUT2D eigenvalue weighted by Crippen LogP contribution is 2.08. The summed E-state index contributed by atoms with van der Waals surface area (Å²) in [7, 11) is 0. The summed E-state index contributed by atoms with van der Waals surface area (Å²) in [5.41, 5.74) is 4.91. The average molecular weight is 203 g/mol. The van der Waals surface area contributed by atoms with E-state index in [1.807, 2.05) is 12.1 Å². The number of rotatable bonds is 2. The van der Waals surface area contributed by atoms with Gasteiger partial charge in [0.1, 0.15) is 10.4 Å². The predicted octanol–water partition coefficient (Wildman–Crippen LogP) is 0.634. The van der Waals surface area contributed by atoms with Crippen LogP contribution in [0, 0.1) is 0 Å². The molecule has 4 N–H and O–H groups in total. The second-order valence-corrected chi connectivity index (χ2v) is 2.43. The molecule has 1 rings (SSSR count). The molecule has 54 valence electrons. The Bertz CT molecular complexity index is 215. The highest BCUT2D eigenvalue weighted by atomic mass is 79.9. The minimum atomic E-state index is 0.678. The quantitative estimate of drug-likeness (QED) is 0.375. The third kappa shape index (κ3) is 1.94. The van der Waals surface area contributed by atoms with Crippen LogP contribution >= 0.6 is 15.9 Å². The van der Waals surface area contributed by atoms with Gasteiger partial charge in [0.15, 0.2) is 0 Å². The number of anilines is 1. The Morgan fingerprint density at radius 3 is 2.90 bits per heavy atom. The smallest absolute Gasteiger partial charge is 0.142 e. The number of hydrogen-bond donors (Lipinski definition) is 3. The van der Waals surface area contributed by atoms with Crippen LogP contribution in [-0.2, 0) is 0 Å². The maximum atomic E-state index is 4.99. The van der Waals surface area contributed by atoms with E-state index in [2.05, 4.69) is 31.9 Å². The molecule has 0 bridgehead atoms. The molecule has 10 heavy (non-hydrogen) atoms. The van der Waals surface area contributed by atoms with Gasteiger partial charge in [0.2, 0.25) is 0 Å². The Morgan fingerprint density at radius 1 is 1.50 bits per heavy atom. The summed E-state index contributed by atoms with van der Waals surface area (Å²) in [5, 5.41) is 0. The monoisotopic (exact) mass is 202 g/mol. The number of nitrogens with one attached hydrogen (secondary N) is 2. The summed E-state index contributed by atoms with van der Waals surface area (Å²) in [4.78, 5) is 4.03. The van der Waals surface area contributed by atoms with E-state index in [9.17, 15) is 0 Å². The minimum Gasteiger partial charge on any atom is -0.292 e. The zero-order valence-electron chi connectivity index (χ0n) is 5.13. The van der Waals surface area contributed by atoms with Crippen molar-refractivity contribution in [3.63, 3.8) is 0 Å². The molecule has 4 nitrogen and oxygen atoms in total. The molecule has 0 aliphatic carbocycles. The highest BCUT2D eigenvalue weighted by Gasteiger charge is 1.89. The van der Waals surface area contributed by atoms with Crippen LogP contribution in [-0.4, -0.2) is 4.98 Å². The molecular weight excluding hydrogens is 196 g/mol. The van der Waals surface area contributed by atoms with Gasteiger partial charge in [-0.25, -0.2) is 4.98 Å². The molecule has 5 heteroatoms. The van der Waals surface area contributed by atoms with Gasteiger partial charge < -0.3 is 0 Å². The number of nitrogens with two attached hydrogens (primary N) is 1. The van der Waals surface area contributed by atoms with Crippen molar-refractivity contribution in [2.24, 2.45) is 5.84 Å². The Morgan fingerprint density at radius 2 is 2.30 bits per heavy atom. The molecule has 0 radical (unpaired) electrons. The van der Waals surface area contributed by atoms with Crippen molar-refractivity contribution in [3.05, 3.63) is 22.8 Å². The molecule has 0 saturated heterocycles. The van der Waals surface area contributed by atoms with Crippen LogP contribution in [0.15, 0.2) is 22.8 Å². The van der Waals surface area contributed by atoms with Crippen molar-refractivity contribution in [2.45, 2.75) is 0 Å². The zero-order chi connectivity index (χ0) is 7.40. The minimum absolute atomic E-state index is 0.678. The third-order valence-electron chi connectivity index (χ3n) is 0.915. The number of halogens is 1. The van der Waals surface area contributed by atoms with Crippen LogP contribution < -0.4 is 16.8 Å². The summed E-state index contributed by atoms with van der Waals surface area (Å²) in [6.45, 7) is 0. The molecular formula is C5H7BrN4. The van der Waals surface area contributed by atoms with Gasteiger partial charge in [-0.1, -0.05) is 6.07 Å². The molecule has 0 aliphatic heterocycles. The standard InChI is InChI=1S/C5H7BrN4/c6-4-2-1-3-5(8-4)9-10-7/h1-3,10H,7H2,(H,8,9). The second-order valence-electron chi connectivity index (χ2n) is 1.61. The van der Waals surface area contributed by atoms with E-state index < -0.39 is 0 Å². The lowest BCUT2D eigenvalue weighted by molar-refractivity contribution is 0.864. The van der Waals surface area contributed by atoms with Gasteiger partial charge in [0.05, 0.1) is 0 Å². The number of hydrazine groups is 2. The first kappa shape index (κ1) is 7.46. The van der Waals surface area contributed by atoms with Crippen molar-refractivity contribution in [3.8, 4) is 0 Å². The van der Waals surface area contributed by atoms with Gasteiger partial charge in [0.25, 0.3) is 0 Å². The lowest BCUT2D eigenvalue weighted by Crippen LogP contribution is -2.29. The Labute approximate surface area is 66.9 Å². The third-order valence-corrected chi connectivity index (χ3v) is 1.36. The molecule has 0 aromatic carbocycles. The normalized spacial score (nSPS) is 9.40. The van der Waals surface area contributed by atoms with Crippen LogP contribution in [0.25, 0.3) is 0 Å². The fourth-order valence-corrected chi connectivity index (χ4v) is 0.895. The summed E-state index contributed by atoms with van der Waals surface area (Å²) >= 11 is 3.21. The van der Waals surface area contributed by atoms with Crippen LogP contribution in [0.1, 0.15) is 0 Å². The van der Waals surface area contributed by atoms with Crippen molar-refractivity contribution < 1.29 is 0 Å². The van der Waals surface area contributed by atoms with Crippen molar-refractivity contribution in [1.82, 2.24) is 10.5 Å². The van der Waals surface area contributed by atoms with E-state index in [0.717, 1.165) is 4.60 Å². The molecule has 1 heterocycles. The van der Waals surface area contributed by atoms with Gasteiger partial charge in [-0.05, 0) is 28.1 Å². The van der Waals surface area contributed by atoms with E-state index in [1.165, 1.54) is 0 Å². The molecule has 0 spiro atoms. The predicted molar refractivity (Wildman–Crippen MR) is 42.9 cm³/mol. The SMILES string of the molecule is NNNc1cccc(Br)n1. The van der Waals surface area contributed by atoms with Gasteiger partial charge in [-0.3, -0.25) is 11.3 Å². The lowest BCUT2D eigenvalue weighted by atomic mass is 10.5. The first-order chi connectivity index (χ1) is 4.83. The molecule has 0 fully saturated rings. The van der Waals surface area contributed by atoms with Crippen LogP contribution in [0.4, 0.5) is 5.82 Å². The van der Waals surface area contributed by atoms with Crippen LogP contribution in [0.3, 0.4) is 0 Å². The average Bonchev–Trinajstić information content (AvgIpc) is 1.88. The van der Waals surface area contributed by atoms with E-state index in [-0.39, 0.29) is 0 Å². The van der Waals surface area contributed by atoms with Crippen molar-refractivity contribution in [1.29, 1.82) is 0 Å². The van der Waals surface area contributed by atoms with Gasteiger partial charge in [-0.15, -0.1) is 0 Å². The molecule has 0 unspecified atom stereocenters. The highest BCUT2D eigenvalue weighted by molar-refractivity contribution is 9.10. The zero-order valence-corrected chi connectivity index (χ0v) is 6.72. The van der Waals surface area contributed by atoms with Crippen LogP contribution in [0.5, 0.6) is 0 Å². The Balaban J connectivity index is 2.75. The van der Waals surface area contributed by atoms with Crippen molar-refractivity contribution in [2.75, 3.05) is 5.43 Å². The first-order valence-electron chi connectivity index (χ1n) is 2.67. The maximum absolute atomic E-state index is 4.99. The fraction of sp³-hybridized carbons (Fsp3) is 0. The Hall–Kier alpha value is -0.650. The number of hydrogen-bond acceptors (Lipinski definition) is 4. The van der Waals surface area contributed by atoms with E-state index >= 15 is 0 Å². The van der Waals surface area contributed by atoms with Crippen LogP contribution in [0.2, 0.25) is 0 Å². The number of pyridine rings is 1. The van der Waals surface area contributed by atoms with Crippen molar-refractivity contribution >= 4 is 21.7 Å². The maximum Gasteiger partial charge on any atom is 0.142 e. The van der Waals surface area contributed by atoms with E-state index in [1.54, 1.807) is 6.07 Å². The topological polar surface area (TPSA) is 63.0 Å². The summed E-state index contributed by atoms with van der Waals surface area (Å²) < 4.78 is 0.771. The summed E-state index contributed by atoms with van der Waals surface area (Å²) in [5.74, 6) is 5.67. The molecule has 0 aliphatic rings. The van der Waals surface area contributed by atoms with Gasteiger partial charge in [0, 0.05) is 0 Å². The largest absolute Gasteiger partial charge is 0.292 e. The van der Waals surface area contributed by atoms with E-state index in [0.29, 0.717) is 5.82 Å². The summed E-state index contributed by atoms with van der Waals surface area (Å²) in [6.07, 6.45) is 0. The van der Waals surface area contributed by atoms with Gasteiger partial charge in [-0.2, -0.15) is 5.53 Å². The molecule has 1 aromatic heterocycles. The summed E-state index contributed by atoms with van der Waals surface area (Å²) in [6, 6.07) is 5.49. The second kappa shape index (κ2) is 3.50. The lowest BCUT2D eigenvalue weighted by Gasteiger charge is -2.00. The number of nitrogens with zero attached hydrogens (tertiary/aromatic N) is 1. The number of aromatic nitrogens is 1. The fourth-order valence-electron chi connectivity index (χ4n) is 0.552. The molecule has 0 saturated carbocycles. The molecule has 1 aromatic rings. The van der Waals surface area contributed by atoms with E-state index in [4.69, 9.17) is 5.84 Å².